The lowest BCUT2D eigenvalue weighted by molar-refractivity contribution is 0.413. The van der Waals surface area contributed by atoms with Crippen LogP contribution in [-0.4, -0.2) is 60.8 Å². The van der Waals surface area contributed by atoms with Gasteiger partial charge in [0.25, 0.3) is 0 Å². The number of oxazole rings is 1. The Morgan fingerprint density at radius 1 is 1.15 bits per heavy atom. The van der Waals surface area contributed by atoms with Crippen LogP contribution in [0.5, 0.6) is 5.75 Å². The van der Waals surface area contributed by atoms with Crippen LogP contribution in [0.25, 0.3) is 22.4 Å². The molecule has 0 unspecified atom stereocenters. The van der Waals surface area contributed by atoms with Crippen molar-refractivity contribution in [2.75, 3.05) is 57.3 Å². The van der Waals surface area contributed by atoms with Crippen molar-refractivity contribution in [2.24, 2.45) is 7.05 Å². The van der Waals surface area contributed by atoms with Crippen LogP contribution < -0.4 is 26.4 Å². The van der Waals surface area contributed by atoms with Crippen molar-refractivity contribution in [2.45, 2.75) is 0 Å². The quantitative estimate of drug-likeness (QED) is 0.381. The summed E-state index contributed by atoms with van der Waals surface area (Å²) in [6.07, 6.45) is 1.67. The lowest BCUT2D eigenvalue weighted by Gasteiger charge is -2.24. The number of nitrogens with two attached hydrogens (primary N) is 1. The second-order valence-corrected chi connectivity index (χ2v) is 8.34. The van der Waals surface area contributed by atoms with E-state index < -0.39 is 5.76 Å². The molecule has 0 saturated heterocycles. The molecule has 178 valence electrons. The first kappa shape index (κ1) is 23.1. The van der Waals surface area contributed by atoms with Crippen LogP contribution in [0.4, 0.5) is 23.0 Å². The van der Waals surface area contributed by atoms with E-state index in [9.17, 15) is 4.79 Å². The molecule has 10 nitrogen and oxygen atoms in total. The molecule has 2 aromatic carbocycles. The van der Waals surface area contributed by atoms with Gasteiger partial charge in [0.15, 0.2) is 5.58 Å². The van der Waals surface area contributed by atoms with E-state index in [0.29, 0.717) is 39.9 Å². The second kappa shape index (κ2) is 9.44. The van der Waals surface area contributed by atoms with Gasteiger partial charge in [0.2, 0.25) is 5.95 Å². The molecular formula is C24H29N7O3. The van der Waals surface area contributed by atoms with E-state index in [1.54, 1.807) is 32.5 Å². The number of hydrogen-bond donors (Lipinski definition) is 2. The molecule has 0 spiro atoms. The Hall–Kier alpha value is -4.05. The van der Waals surface area contributed by atoms with Gasteiger partial charge in [0.1, 0.15) is 5.75 Å². The average Bonchev–Trinajstić information content (AvgIpc) is 3.10. The highest BCUT2D eigenvalue weighted by Gasteiger charge is 2.14. The Kier molecular flexibility index (Phi) is 6.42. The zero-order chi connectivity index (χ0) is 24.4. The Labute approximate surface area is 197 Å². The number of rotatable bonds is 8. The van der Waals surface area contributed by atoms with E-state index in [4.69, 9.17) is 14.9 Å². The number of ether oxygens (including phenoxy) is 1. The fraction of sp³-hybridized carbons (Fsp3) is 0.292. The lowest BCUT2D eigenvalue weighted by atomic mass is 10.1. The second-order valence-electron chi connectivity index (χ2n) is 8.34. The standard InChI is InChI=1S/C24H29N7O3/c1-29(2)10-11-30(3)19-14-22(33-5)18(13-16(19)25)28-23-26-9-8-17(27-23)15-6-7-21-20(12-15)31(4)24(32)34-21/h6-9,12-14H,10-11,25H2,1-5H3,(H,26,27,28). The van der Waals surface area contributed by atoms with Crippen LogP contribution in [0.3, 0.4) is 0 Å². The normalized spacial score (nSPS) is 11.2. The minimum atomic E-state index is -0.405. The topological polar surface area (TPSA) is 115 Å². The summed E-state index contributed by atoms with van der Waals surface area (Å²) in [6, 6.07) is 11.0. The van der Waals surface area contributed by atoms with Crippen molar-refractivity contribution in [3.63, 3.8) is 0 Å². The fourth-order valence-corrected chi connectivity index (χ4v) is 3.64. The summed E-state index contributed by atoms with van der Waals surface area (Å²) in [4.78, 5) is 25.0. The van der Waals surface area contributed by atoms with Crippen molar-refractivity contribution in [1.82, 2.24) is 19.4 Å². The smallest absolute Gasteiger partial charge is 0.419 e. The summed E-state index contributed by atoms with van der Waals surface area (Å²) in [5, 5.41) is 3.22. The lowest BCUT2D eigenvalue weighted by Crippen LogP contribution is -2.29. The van der Waals surface area contributed by atoms with Gasteiger partial charge in [-0.25, -0.2) is 14.8 Å². The molecule has 0 saturated carbocycles. The van der Waals surface area contributed by atoms with Crippen LogP contribution in [0.1, 0.15) is 0 Å². The average molecular weight is 464 g/mol. The molecule has 0 aliphatic carbocycles. The van der Waals surface area contributed by atoms with Crippen molar-refractivity contribution in [3.8, 4) is 17.0 Å². The maximum absolute atomic E-state index is 11.8. The maximum Gasteiger partial charge on any atom is 0.419 e. The molecular weight excluding hydrogens is 434 g/mol. The number of nitrogens with one attached hydrogen (secondary N) is 1. The minimum Gasteiger partial charge on any atom is -0.494 e. The summed E-state index contributed by atoms with van der Waals surface area (Å²) in [5.74, 6) is 0.618. The minimum absolute atomic E-state index is 0.394. The SMILES string of the molecule is COc1cc(N(C)CCN(C)C)c(N)cc1Nc1nccc(-c2ccc3oc(=O)n(C)c3c2)n1. The number of nitrogen functional groups attached to an aromatic ring is 1. The predicted molar refractivity (Wildman–Crippen MR) is 135 cm³/mol. The number of anilines is 4. The van der Waals surface area contributed by atoms with Gasteiger partial charge in [0, 0.05) is 45.0 Å². The summed E-state index contributed by atoms with van der Waals surface area (Å²) < 4.78 is 12.3. The van der Waals surface area contributed by atoms with Crippen LogP contribution in [0.15, 0.2) is 51.8 Å². The zero-order valence-corrected chi connectivity index (χ0v) is 20.0. The number of benzene rings is 2. The van der Waals surface area contributed by atoms with Gasteiger partial charge in [-0.3, -0.25) is 4.57 Å². The summed E-state index contributed by atoms with van der Waals surface area (Å²) >= 11 is 0. The van der Waals surface area contributed by atoms with Gasteiger partial charge in [-0.2, -0.15) is 0 Å². The molecule has 0 aliphatic heterocycles. The van der Waals surface area contributed by atoms with Crippen molar-refractivity contribution >= 4 is 34.1 Å². The molecule has 0 aliphatic rings. The molecule has 3 N–H and O–H groups in total. The third-order valence-corrected chi connectivity index (χ3v) is 5.63. The molecule has 2 aromatic heterocycles. The Morgan fingerprint density at radius 2 is 1.94 bits per heavy atom. The Morgan fingerprint density at radius 3 is 2.68 bits per heavy atom. The van der Waals surface area contributed by atoms with Crippen molar-refractivity contribution in [1.29, 1.82) is 0 Å². The number of aromatic nitrogens is 3. The van der Waals surface area contributed by atoms with E-state index in [1.165, 1.54) is 4.57 Å². The van der Waals surface area contributed by atoms with Gasteiger partial charge in [-0.1, -0.05) is 0 Å². The number of aryl methyl sites for hydroxylation is 1. The van der Waals surface area contributed by atoms with Crippen LogP contribution in [0.2, 0.25) is 0 Å². The van der Waals surface area contributed by atoms with E-state index in [0.717, 1.165) is 24.3 Å². The molecule has 0 fully saturated rings. The van der Waals surface area contributed by atoms with Gasteiger partial charge in [0.05, 0.1) is 35.4 Å². The number of fused-ring (bicyclic) bond motifs is 1. The third-order valence-electron chi connectivity index (χ3n) is 5.63. The zero-order valence-electron chi connectivity index (χ0n) is 20.0. The Balaban J connectivity index is 1.62. The highest BCUT2D eigenvalue weighted by Crippen LogP contribution is 2.36. The van der Waals surface area contributed by atoms with Gasteiger partial charge in [-0.05, 0) is 44.4 Å². The van der Waals surface area contributed by atoms with E-state index in [-0.39, 0.29) is 0 Å². The molecule has 0 atom stereocenters. The summed E-state index contributed by atoms with van der Waals surface area (Å²) in [7, 11) is 9.35. The first-order chi connectivity index (χ1) is 16.3. The largest absolute Gasteiger partial charge is 0.494 e. The molecule has 10 heteroatoms. The van der Waals surface area contributed by atoms with Crippen LogP contribution in [-0.2, 0) is 7.05 Å². The molecule has 4 rings (SSSR count). The summed E-state index contributed by atoms with van der Waals surface area (Å²) in [6.45, 7) is 1.72. The highest BCUT2D eigenvalue weighted by atomic mass is 16.5. The third kappa shape index (κ3) is 4.67. The first-order valence-electron chi connectivity index (χ1n) is 10.8. The van der Waals surface area contributed by atoms with Crippen molar-refractivity contribution in [3.05, 3.63) is 53.1 Å². The predicted octanol–water partition coefficient (Wildman–Crippen LogP) is 2.92. The number of likely N-dealkylation sites (N-methyl/N-ethyl adjacent to an activating group) is 2. The molecule has 0 bridgehead atoms. The molecule has 34 heavy (non-hydrogen) atoms. The van der Waals surface area contributed by atoms with Crippen molar-refractivity contribution < 1.29 is 9.15 Å². The number of hydrogen-bond acceptors (Lipinski definition) is 9. The summed E-state index contributed by atoms with van der Waals surface area (Å²) in [5.41, 5.74) is 11.3. The molecule has 4 aromatic rings. The fourth-order valence-electron chi connectivity index (χ4n) is 3.64. The van der Waals surface area contributed by atoms with E-state index >= 15 is 0 Å². The van der Waals surface area contributed by atoms with E-state index in [1.807, 2.05) is 45.4 Å². The molecule has 2 heterocycles. The van der Waals surface area contributed by atoms with Gasteiger partial charge in [-0.15, -0.1) is 0 Å². The van der Waals surface area contributed by atoms with Gasteiger partial charge >= 0.3 is 5.76 Å². The van der Waals surface area contributed by atoms with E-state index in [2.05, 4.69) is 25.1 Å². The number of nitrogens with zero attached hydrogens (tertiary/aromatic N) is 5. The monoisotopic (exact) mass is 463 g/mol. The Bertz CT molecular complexity index is 1380. The van der Waals surface area contributed by atoms with Gasteiger partial charge < -0.3 is 30.0 Å². The first-order valence-corrected chi connectivity index (χ1v) is 10.8. The molecule has 0 radical (unpaired) electrons. The molecule has 0 amide bonds. The highest BCUT2D eigenvalue weighted by molar-refractivity contribution is 5.81. The van der Waals surface area contributed by atoms with Crippen LogP contribution >= 0.6 is 0 Å². The maximum atomic E-state index is 11.8. The van der Waals surface area contributed by atoms with Crippen LogP contribution in [0, 0.1) is 0 Å². The number of methoxy groups -OCH3 is 1.